The van der Waals surface area contributed by atoms with Crippen molar-refractivity contribution in [1.82, 2.24) is 28.9 Å². The van der Waals surface area contributed by atoms with Gasteiger partial charge in [0.15, 0.2) is 11.6 Å². The highest BCUT2D eigenvalue weighted by Gasteiger charge is 2.22. The van der Waals surface area contributed by atoms with Crippen LogP contribution in [0.2, 0.25) is 0 Å². The van der Waals surface area contributed by atoms with Gasteiger partial charge in [0.1, 0.15) is 11.1 Å². The minimum atomic E-state index is -0.167. The highest BCUT2D eigenvalue weighted by molar-refractivity contribution is 6.20. The van der Waals surface area contributed by atoms with E-state index < -0.39 is 0 Å². The number of nitrogens with zero attached hydrogens (tertiary/aromatic N) is 6. The van der Waals surface area contributed by atoms with E-state index in [4.69, 9.17) is 24.4 Å². The van der Waals surface area contributed by atoms with Crippen LogP contribution in [0.3, 0.4) is 0 Å². The molecule has 0 amide bonds. The average molecular weight is 557 g/mol. The van der Waals surface area contributed by atoms with Crippen LogP contribution in [0.5, 0.6) is 0 Å². The summed E-state index contributed by atoms with van der Waals surface area (Å²) in [6.07, 6.45) is 0. The SMILES string of the molecule is O=c1c2ccccc2oc2nc3c4c5ccccc5n(-c5nc(-c6ccccc6)nc(-c6ccccc6)n5)c4ccc3n12. The highest BCUT2D eigenvalue weighted by atomic mass is 16.4. The van der Waals surface area contributed by atoms with Gasteiger partial charge in [-0.3, -0.25) is 9.36 Å². The van der Waals surface area contributed by atoms with Gasteiger partial charge in [0.25, 0.3) is 5.56 Å². The van der Waals surface area contributed by atoms with Crippen LogP contribution in [0.15, 0.2) is 131 Å². The first-order valence-corrected chi connectivity index (χ1v) is 13.9. The molecule has 0 bridgehead atoms. The molecule has 0 saturated carbocycles. The van der Waals surface area contributed by atoms with Crippen molar-refractivity contribution in [3.05, 3.63) is 132 Å². The fourth-order valence-electron chi connectivity index (χ4n) is 5.90. The van der Waals surface area contributed by atoms with Gasteiger partial charge in [0.05, 0.1) is 21.9 Å². The predicted octanol–water partition coefficient (Wildman–Crippen LogP) is 7.21. The molecule has 0 N–H and O–H groups in total. The molecule has 8 heteroatoms. The third-order valence-electron chi connectivity index (χ3n) is 7.84. The van der Waals surface area contributed by atoms with Gasteiger partial charge < -0.3 is 4.42 Å². The summed E-state index contributed by atoms with van der Waals surface area (Å²) in [7, 11) is 0. The highest BCUT2D eigenvalue weighted by Crippen LogP contribution is 2.36. The average Bonchev–Trinajstić information content (AvgIpc) is 3.61. The first kappa shape index (κ1) is 23.5. The van der Waals surface area contributed by atoms with Gasteiger partial charge >= 0.3 is 5.84 Å². The van der Waals surface area contributed by atoms with E-state index in [0.717, 1.165) is 32.9 Å². The molecule has 4 aromatic heterocycles. The van der Waals surface area contributed by atoms with Gasteiger partial charge in [-0.2, -0.15) is 15.0 Å². The number of aromatic nitrogens is 6. The zero-order valence-electron chi connectivity index (χ0n) is 22.5. The van der Waals surface area contributed by atoms with E-state index in [1.807, 2.05) is 108 Å². The van der Waals surface area contributed by atoms with Gasteiger partial charge in [0.2, 0.25) is 5.95 Å². The van der Waals surface area contributed by atoms with E-state index >= 15 is 0 Å². The second kappa shape index (κ2) is 8.92. The summed E-state index contributed by atoms with van der Waals surface area (Å²) in [6, 6.07) is 39.0. The van der Waals surface area contributed by atoms with Crippen LogP contribution in [0.1, 0.15) is 0 Å². The second-order valence-corrected chi connectivity index (χ2v) is 10.3. The van der Waals surface area contributed by atoms with Gasteiger partial charge in [0, 0.05) is 21.9 Å². The largest absolute Gasteiger partial charge is 0.424 e. The fourth-order valence-corrected chi connectivity index (χ4v) is 5.90. The molecule has 0 saturated heterocycles. The maximum Gasteiger partial charge on any atom is 0.310 e. The van der Waals surface area contributed by atoms with Gasteiger partial charge in [-0.1, -0.05) is 91.0 Å². The summed E-state index contributed by atoms with van der Waals surface area (Å²) < 4.78 is 9.70. The molecule has 0 unspecified atom stereocenters. The molecule has 0 radical (unpaired) electrons. The minimum Gasteiger partial charge on any atom is -0.424 e. The number of para-hydroxylation sites is 2. The Morgan fingerprint density at radius 1 is 0.535 bits per heavy atom. The predicted molar refractivity (Wildman–Crippen MR) is 167 cm³/mol. The molecule has 4 heterocycles. The molecule has 0 atom stereocenters. The van der Waals surface area contributed by atoms with E-state index in [0.29, 0.717) is 39.6 Å². The molecule has 0 aliphatic heterocycles. The van der Waals surface area contributed by atoms with Crippen LogP contribution in [0.4, 0.5) is 0 Å². The lowest BCUT2D eigenvalue weighted by molar-refractivity contribution is 0.616. The van der Waals surface area contributed by atoms with Gasteiger partial charge in [-0.15, -0.1) is 0 Å². The summed E-state index contributed by atoms with van der Waals surface area (Å²) >= 11 is 0. The Kier molecular flexibility index (Phi) is 4.89. The molecule has 43 heavy (non-hydrogen) atoms. The number of rotatable bonds is 3. The molecule has 202 valence electrons. The van der Waals surface area contributed by atoms with Crippen molar-refractivity contribution in [2.75, 3.05) is 0 Å². The lowest BCUT2D eigenvalue weighted by atomic mass is 10.1. The number of fused-ring (bicyclic) bond motifs is 8. The van der Waals surface area contributed by atoms with Crippen LogP contribution in [0, 0.1) is 0 Å². The van der Waals surface area contributed by atoms with Crippen molar-refractivity contribution in [3.63, 3.8) is 0 Å². The van der Waals surface area contributed by atoms with Crippen LogP contribution < -0.4 is 5.56 Å². The smallest absolute Gasteiger partial charge is 0.310 e. The maximum atomic E-state index is 13.6. The number of hydrogen-bond donors (Lipinski definition) is 0. The van der Waals surface area contributed by atoms with Crippen molar-refractivity contribution in [3.8, 4) is 28.7 Å². The Labute approximate surface area is 243 Å². The third kappa shape index (κ3) is 3.47. The Hall–Kier alpha value is -6.15. The molecule has 5 aromatic carbocycles. The van der Waals surface area contributed by atoms with Crippen molar-refractivity contribution in [1.29, 1.82) is 0 Å². The molecule has 0 aliphatic carbocycles. The van der Waals surface area contributed by atoms with E-state index in [9.17, 15) is 4.79 Å². The molecule has 9 rings (SSSR count). The van der Waals surface area contributed by atoms with Crippen molar-refractivity contribution >= 4 is 49.7 Å². The lowest BCUT2D eigenvalue weighted by Crippen LogP contribution is -2.12. The van der Waals surface area contributed by atoms with Crippen molar-refractivity contribution < 1.29 is 4.42 Å². The Morgan fingerprint density at radius 2 is 1.14 bits per heavy atom. The molecule has 0 fully saturated rings. The topological polar surface area (TPSA) is 91.1 Å². The fraction of sp³-hybridized carbons (Fsp3) is 0. The van der Waals surface area contributed by atoms with Crippen LogP contribution >= 0.6 is 0 Å². The molecule has 0 aliphatic rings. The molecule has 0 spiro atoms. The van der Waals surface area contributed by atoms with E-state index in [1.54, 1.807) is 16.5 Å². The van der Waals surface area contributed by atoms with Gasteiger partial charge in [-0.05, 0) is 30.3 Å². The normalized spacial score (nSPS) is 11.8. The monoisotopic (exact) mass is 556 g/mol. The first-order chi connectivity index (χ1) is 21.2. The van der Waals surface area contributed by atoms with Crippen molar-refractivity contribution in [2.24, 2.45) is 0 Å². The zero-order chi connectivity index (χ0) is 28.5. The summed E-state index contributed by atoms with van der Waals surface area (Å²) in [4.78, 5) is 33.3. The quantitative estimate of drug-likeness (QED) is 0.228. The Balaban J connectivity index is 1.40. The van der Waals surface area contributed by atoms with E-state index in [2.05, 4.69) is 6.07 Å². The van der Waals surface area contributed by atoms with Crippen LogP contribution in [-0.2, 0) is 0 Å². The van der Waals surface area contributed by atoms with Crippen LogP contribution in [-0.4, -0.2) is 28.9 Å². The van der Waals surface area contributed by atoms with E-state index in [1.165, 1.54) is 0 Å². The Bertz CT molecular complexity index is 2530. The number of imidazole rings is 1. The summed E-state index contributed by atoms with van der Waals surface area (Å²) in [5.41, 5.74) is 5.24. The van der Waals surface area contributed by atoms with E-state index in [-0.39, 0.29) is 11.4 Å². The first-order valence-electron chi connectivity index (χ1n) is 13.9. The maximum absolute atomic E-state index is 13.6. The molecular weight excluding hydrogens is 536 g/mol. The standard InChI is InChI=1S/C35H20N6O2/c42-33-24-16-8-10-18-28(24)43-35-36-30-27(41(33)35)20-19-26-29(30)23-15-7-9-17-25(23)40(26)34-38-31(21-11-3-1-4-12-21)37-32(39-34)22-13-5-2-6-14-22/h1-20H. The lowest BCUT2D eigenvalue weighted by Gasteiger charge is -2.10. The number of benzene rings is 5. The summed E-state index contributed by atoms with van der Waals surface area (Å²) in [6.45, 7) is 0. The molecule has 9 aromatic rings. The van der Waals surface area contributed by atoms with Crippen molar-refractivity contribution in [2.45, 2.75) is 0 Å². The van der Waals surface area contributed by atoms with Crippen LogP contribution in [0.25, 0.3) is 78.4 Å². The summed E-state index contributed by atoms with van der Waals surface area (Å²) in [5.74, 6) is 1.89. The third-order valence-corrected chi connectivity index (χ3v) is 7.84. The molecule has 8 nitrogen and oxygen atoms in total. The molecular formula is C35H20N6O2. The minimum absolute atomic E-state index is 0.167. The van der Waals surface area contributed by atoms with Gasteiger partial charge in [-0.25, -0.2) is 9.38 Å². The Morgan fingerprint density at radius 3 is 1.86 bits per heavy atom. The zero-order valence-corrected chi connectivity index (χ0v) is 22.5. The number of hydrogen-bond acceptors (Lipinski definition) is 6. The second-order valence-electron chi connectivity index (χ2n) is 10.3. The summed E-state index contributed by atoms with van der Waals surface area (Å²) in [5, 5.41) is 2.36.